The SMILES string of the molecule is Cc1cc(OCC(=O)NNC(=O)C2CCC(C(=O)NNC(=O)COc3ccc(Cl)c(C)c3)CC2)ccc1Cl. The molecule has 4 N–H and O–H groups in total. The van der Waals surface area contributed by atoms with Gasteiger partial charge >= 0.3 is 0 Å². The van der Waals surface area contributed by atoms with Gasteiger partial charge in [-0.15, -0.1) is 0 Å². The third-order valence-corrected chi connectivity index (χ3v) is 6.97. The molecule has 0 heterocycles. The number of nitrogens with one attached hydrogen (secondary N) is 4. The molecule has 0 saturated heterocycles. The van der Waals surface area contributed by atoms with Crippen LogP contribution in [0.2, 0.25) is 10.0 Å². The van der Waals surface area contributed by atoms with Crippen LogP contribution in [0.25, 0.3) is 0 Å². The fourth-order valence-electron chi connectivity index (χ4n) is 3.87. The Kier molecular flexibility index (Phi) is 10.6. The van der Waals surface area contributed by atoms with E-state index in [1.807, 2.05) is 13.8 Å². The van der Waals surface area contributed by atoms with Gasteiger partial charge in [-0.1, -0.05) is 23.2 Å². The lowest BCUT2D eigenvalue weighted by molar-refractivity contribution is -0.135. The molecule has 2 aromatic carbocycles. The summed E-state index contributed by atoms with van der Waals surface area (Å²) in [6, 6.07) is 10.1. The molecule has 12 heteroatoms. The van der Waals surface area contributed by atoms with Gasteiger partial charge < -0.3 is 9.47 Å². The van der Waals surface area contributed by atoms with Crippen LogP contribution in [0.5, 0.6) is 11.5 Å². The third-order valence-electron chi connectivity index (χ3n) is 6.12. The van der Waals surface area contributed by atoms with Crippen molar-refractivity contribution in [3.8, 4) is 11.5 Å². The number of carbonyl (C=O) groups excluding carboxylic acids is 4. The van der Waals surface area contributed by atoms with Crippen molar-refractivity contribution in [2.24, 2.45) is 11.8 Å². The monoisotopic (exact) mass is 564 g/mol. The van der Waals surface area contributed by atoms with E-state index in [0.29, 0.717) is 47.2 Å². The first-order valence-electron chi connectivity index (χ1n) is 12.1. The summed E-state index contributed by atoms with van der Waals surface area (Å²) in [5, 5.41) is 1.20. The van der Waals surface area contributed by atoms with Crippen LogP contribution in [-0.4, -0.2) is 36.8 Å². The highest BCUT2D eigenvalue weighted by Crippen LogP contribution is 2.29. The molecule has 0 unspecified atom stereocenters. The molecule has 0 radical (unpaired) electrons. The van der Waals surface area contributed by atoms with Gasteiger partial charge in [0.25, 0.3) is 11.8 Å². The zero-order valence-corrected chi connectivity index (χ0v) is 22.6. The van der Waals surface area contributed by atoms with Gasteiger partial charge in [-0.05, 0) is 87.1 Å². The lowest BCUT2D eigenvalue weighted by Gasteiger charge is -2.27. The van der Waals surface area contributed by atoms with Crippen molar-refractivity contribution in [3.05, 3.63) is 57.6 Å². The van der Waals surface area contributed by atoms with Gasteiger partial charge in [0.05, 0.1) is 0 Å². The van der Waals surface area contributed by atoms with Crippen LogP contribution in [0.3, 0.4) is 0 Å². The molecular weight excluding hydrogens is 535 g/mol. The van der Waals surface area contributed by atoms with Crippen molar-refractivity contribution in [1.82, 2.24) is 21.7 Å². The number of carbonyl (C=O) groups is 4. The minimum Gasteiger partial charge on any atom is -0.484 e. The number of halogens is 2. The molecule has 1 aliphatic carbocycles. The van der Waals surface area contributed by atoms with Crippen LogP contribution in [0.4, 0.5) is 0 Å². The number of rotatable bonds is 8. The molecule has 204 valence electrons. The number of ether oxygens (including phenoxy) is 2. The number of aryl methyl sites for hydroxylation is 2. The lowest BCUT2D eigenvalue weighted by Crippen LogP contribution is -2.48. The quantitative estimate of drug-likeness (QED) is 0.364. The van der Waals surface area contributed by atoms with Crippen molar-refractivity contribution in [2.45, 2.75) is 39.5 Å². The first kappa shape index (κ1) is 29.1. The summed E-state index contributed by atoms with van der Waals surface area (Å²) in [4.78, 5) is 48.8. The zero-order chi connectivity index (χ0) is 27.7. The molecule has 0 aromatic heterocycles. The summed E-state index contributed by atoms with van der Waals surface area (Å²) in [5.74, 6) is -1.38. The maximum Gasteiger partial charge on any atom is 0.276 e. The average molecular weight is 565 g/mol. The summed E-state index contributed by atoms with van der Waals surface area (Å²) < 4.78 is 10.8. The maximum atomic E-state index is 12.4. The number of benzene rings is 2. The van der Waals surface area contributed by atoms with Crippen LogP contribution in [-0.2, 0) is 19.2 Å². The fourth-order valence-corrected chi connectivity index (χ4v) is 4.10. The highest BCUT2D eigenvalue weighted by molar-refractivity contribution is 6.31. The fraction of sp³-hybridized carbons (Fsp3) is 0.385. The summed E-state index contributed by atoms with van der Waals surface area (Å²) in [5.41, 5.74) is 11.1. The minimum atomic E-state index is -0.509. The Labute approximate surface area is 230 Å². The second-order valence-corrected chi connectivity index (χ2v) is 9.84. The van der Waals surface area contributed by atoms with Gasteiger partial charge in [0, 0.05) is 21.9 Å². The van der Waals surface area contributed by atoms with Crippen LogP contribution >= 0.6 is 23.2 Å². The minimum absolute atomic E-state index is 0.273. The molecule has 1 aliphatic rings. The topological polar surface area (TPSA) is 135 Å². The molecule has 38 heavy (non-hydrogen) atoms. The van der Waals surface area contributed by atoms with Gasteiger partial charge in [-0.3, -0.25) is 40.9 Å². The Morgan fingerprint density at radius 2 is 1.05 bits per heavy atom. The predicted molar refractivity (Wildman–Crippen MR) is 141 cm³/mol. The van der Waals surface area contributed by atoms with Gasteiger partial charge in [-0.2, -0.15) is 0 Å². The Morgan fingerprint density at radius 3 is 1.39 bits per heavy atom. The molecule has 1 saturated carbocycles. The van der Waals surface area contributed by atoms with E-state index in [9.17, 15) is 19.2 Å². The van der Waals surface area contributed by atoms with E-state index in [1.54, 1.807) is 36.4 Å². The number of hydrogen-bond acceptors (Lipinski definition) is 6. The van der Waals surface area contributed by atoms with Gasteiger partial charge in [0.15, 0.2) is 13.2 Å². The summed E-state index contributed by atoms with van der Waals surface area (Å²) in [7, 11) is 0. The van der Waals surface area contributed by atoms with Gasteiger partial charge in [0.1, 0.15) is 11.5 Å². The molecular formula is C26H30Cl2N4O6. The molecule has 4 amide bonds. The molecule has 10 nitrogen and oxygen atoms in total. The first-order chi connectivity index (χ1) is 18.1. The smallest absolute Gasteiger partial charge is 0.276 e. The highest BCUT2D eigenvalue weighted by atomic mass is 35.5. The second-order valence-electron chi connectivity index (χ2n) is 9.02. The summed E-state index contributed by atoms with van der Waals surface area (Å²) in [6.07, 6.45) is 1.86. The van der Waals surface area contributed by atoms with E-state index >= 15 is 0 Å². The van der Waals surface area contributed by atoms with Crippen molar-refractivity contribution in [3.63, 3.8) is 0 Å². The van der Waals surface area contributed by atoms with Crippen LogP contribution in [0, 0.1) is 25.7 Å². The van der Waals surface area contributed by atoms with E-state index in [4.69, 9.17) is 32.7 Å². The van der Waals surface area contributed by atoms with Crippen LogP contribution in [0.15, 0.2) is 36.4 Å². The number of hydrogen-bond donors (Lipinski definition) is 4. The Bertz CT molecular complexity index is 1090. The second kappa shape index (κ2) is 13.9. The zero-order valence-electron chi connectivity index (χ0n) is 21.1. The van der Waals surface area contributed by atoms with Crippen molar-refractivity contribution >= 4 is 46.8 Å². The summed E-state index contributed by atoms with van der Waals surface area (Å²) >= 11 is 11.9. The molecule has 0 atom stereocenters. The molecule has 0 aliphatic heterocycles. The highest BCUT2D eigenvalue weighted by Gasteiger charge is 2.30. The number of amides is 4. The Morgan fingerprint density at radius 1 is 0.684 bits per heavy atom. The van der Waals surface area contributed by atoms with Gasteiger partial charge in [-0.25, -0.2) is 0 Å². The maximum absolute atomic E-state index is 12.4. The van der Waals surface area contributed by atoms with Crippen molar-refractivity contribution in [2.75, 3.05) is 13.2 Å². The average Bonchev–Trinajstić information content (AvgIpc) is 2.91. The van der Waals surface area contributed by atoms with E-state index in [2.05, 4.69) is 21.7 Å². The van der Waals surface area contributed by atoms with Crippen molar-refractivity contribution < 1.29 is 28.7 Å². The molecule has 0 bridgehead atoms. The predicted octanol–water partition coefficient (Wildman–Crippen LogP) is 3.17. The Hall–Kier alpha value is -3.50. The largest absolute Gasteiger partial charge is 0.484 e. The van der Waals surface area contributed by atoms with E-state index in [-0.39, 0.29) is 36.9 Å². The van der Waals surface area contributed by atoms with E-state index in [0.717, 1.165) is 11.1 Å². The molecule has 0 spiro atoms. The van der Waals surface area contributed by atoms with Crippen LogP contribution < -0.4 is 31.2 Å². The summed E-state index contributed by atoms with van der Waals surface area (Å²) in [6.45, 7) is 3.10. The van der Waals surface area contributed by atoms with Crippen molar-refractivity contribution in [1.29, 1.82) is 0 Å². The first-order valence-corrected chi connectivity index (χ1v) is 12.8. The standard InChI is InChI=1S/C26H30Cl2N4O6/c1-15-11-19(7-9-21(15)27)37-13-23(33)29-31-25(35)17-3-5-18(6-4-17)26(36)32-30-24(34)14-38-20-8-10-22(28)16(2)12-20/h7-12,17-18H,3-6,13-14H2,1-2H3,(H,29,33)(H,30,34)(H,31,35)(H,32,36). The molecule has 3 rings (SSSR count). The third kappa shape index (κ3) is 8.81. The number of hydrazine groups is 2. The normalized spacial score (nSPS) is 16.6. The molecule has 2 aromatic rings. The van der Waals surface area contributed by atoms with Crippen LogP contribution in [0.1, 0.15) is 36.8 Å². The molecule has 1 fully saturated rings. The van der Waals surface area contributed by atoms with E-state index in [1.165, 1.54) is 0 Å². The van der Waals surface area contributed by atoms with Gasteiger partial charge in [0.2, 0.25) is 11.8 Å². The Balaban J connectivity index is 1.30. The van der Waals surface area contributed by atoms with E-state index < -0.39 is 11.8 Å². The lowest BCUT2D eigenvalue weighted by atomic mass is 9.81.